The molecular weight excluding hydrogens is 472 g/mol. The van der Waals surface area contributed by atoms with Crippen molar-refractivity contribution < 1.29 is 14.3 Å². The molecule has 0 aliphatic carbocycles. The summed E-state index contributed by atoms with van der Waals surface area (Å²) in [5, 5.41) is 9.77. The summed E-state index contributed by atoms with van der Waals surface area (Å²) in [6.07, 6.45) is 4.63. The van der Waals surface area contributed by atoms with E-state index >= 15 is 0 Å². The zero-order valence-electron chi connectivity index (χ0n) is 20.0. The van der Waals surface area contributed by atoms with E-state index in [4.69, 9.17) is 17.0 Å². The highest BCUT2D eigenvalue weighted by Gasteiger charge is 2.32. The molecule has 0 saturated carbocycles. The molecule has 2 saturated heterocycles. The Balaban J connectivity index is 2.14. The molecule has 2 aliphatic heterocycles. The number of nitrogens with zero attached hydrogens (tertiary/aromatic N) is 4. The summed E-state index contributed by atoms with van der Waals surface area (Å²) in [7, 11) is 1.63. The zero-order valence-corrected chi connectivity index (χ0v) is 21.7. The fourth-order valence-corrected chi connectivity index (χ4v) is 5.43. The van der Waals surface area contributed by atoms with Crippen LogP contribution in [0.4, 0.5) is 5.82 Å². The molecule has 0 atom stereocenters. The molecule has 0 spiro atoms. The fourth-order valence-electron chi connectivity index (χ4n) is 4.27. The van der Waals surface area contributed by atoms with E-state index in [0.717, 1.165) is 12.8 Å². The normalized spacial score (nSPS) is 18.0. The van der Waals surface area contributed by atoms with Gasteiger partial charge in [0, 0.05) is 32.2 Å². The van der Waals surface area contributed by atoms with Crippen LogP contribution in [-0.2, 0) is 20.9 Å². The van der Waals surface area contributed by atoms with Gasteiger partial charge in [-0.3, -0.25) is 23.9 Å². The second-order valence-corrected chi connectivity index (χ2v) is 10.1. The molecule has 0 bridgehead atoms. The molecule has 0 radical (unpaired) electrons. The van der Waals surface area contributed by atoms with Gasteiger partial charge in [0.2, 0.25) is 0 Å². The van der Waals surface area contributed by atoms with Crippen LogP contribution in [0.2, 0.25) is 0 Å². The SMILES string of the molecule is CCCCn1c(N2CCC(C(=O)OCC)CC2)c(/C=C2\SC(=S)N(C)C2=O)c(C)c(C#N)c1=O. The van der Waals surface area contributed by atoms with Crippen molar-refractivity contribution in [2.45, 2.75) is 53.0 Å². The number of nitriles is 1. The van der Waals surface area contributed by atoms with Gasteiger partial charge < -0.3 is 9.64 Å². The van der Waals surface area contributed by atoms with E-state index in [0.29, 0.717) is 65.3 Å². The molecule has 0 unspecified atom stereocenters. The Hall–Kier alpha value is -2.64. The molecule has 1 aromatic rings. The molecule has 0 N–H and O–H groups in total. The standard InChI is InChI=1S/C24H30N4O4S2/c1-5-7-10-28-20(27-11-8-16(9-12-27)23(31)32-6-2)17(15(3)18(14-25)21(28)29)13-19-22(30)26(4)24(33)34-19/h13,16H,5-12H2,1-4H3/b19-13-. The first-order valence-corrected chi connectivity index (χ1v) is 12.8. The first kappa shape index (κ1) is 26.0. The maximum atomic E-state index is 13.3. The number of piperidine rings is 1. The van der Waals surface area contributed by atoms with Crippen molar-refractivity contribution in [2.75, 3.05) is 31.6 Å². The third kappa shape index (κ3) is 5.05. The Morgan fingerprint density at radius 3 is 2.50 bits per heavy atom. The van der Waals surface area contributed by atoms with Gasteiger partial charge in [-0.2, -0.15) is 5.26 Å². The molecule has 1 amide bonds. The number of ether oxygens (including phenoxy) is 1. The predicted octanol–water partition coefficient (Wildman–Crippen LogP) is 3.44. The van der Waals surface area contributed by atoms with E-state index in [1.807, 2.05) is 6.92 Å². The van der Waals surface area contributed by atoms with Gasteiger partial charge in [0.1, 0.15) is 21.8 Å². The van der Waals surface area contributed by atoms with Crippen molar-refractivity contribution in [3.8, 4) is 6.07 Å². The lowest BCUT2D eigenvalue weighted by Crippen LogP contribution is -2.41. The second kappa shape index (κ2) is 11.2. The van der Waals surface area contributed by atoms with E-state index in [9.17, 15) is 19.6 Å². The number of aromatic nitrogens is 1. The second-order valence-electron chi connectivity index (χ2n) is 8.41. The van der Waals surface area contributed by atoms with Gasteiger partial charge >= 0.3 is 5.97 Å². The summed E-state index contributed by atoms with van der Waals surface area (Å²) in [6.45, 7) is 7.53. The van der Waals surface area contributed by atoms with Crippen LogP contribution in [0.15, 0.2) is 9.70 Å². The van der Waals surface area contributed by atoms with Gasteiger partial charge in [-0.15, -0.1) is 0 Å². The third-order valence-electron chi connectivity index (χ3n) is 6.26. The van der Waals surface area contributed by atoms with Crippen molar-refractivity contribution in [3.05, 3.63) is 31.9 Å². The van der Waals surface area contributed by atoms with E-state index in [1.165, 1.54) is 16.7 Å². The number of carbonyl (C=O) groups excluding carboxylic acids is 2. The number of anilines is 1. The molecule has 2 aliphatic rings. The van der Waals surface area contributed by atoms with Gasteiger partial charge in [-0.25, -0.2) is 0 Å². The van der Waals surface area contributed by atoms with Crippen LogP contribution in [0.3, 0.4) is 0 Å². The molecule has 3 heterocycles. The number of likely N-dealkylation sites (N-methyl/N-ethyl adjacent to an activating group) is 1. The molecule has 10 heteroatoms. The van der Waals surface area contributed by atoms with Gasteiger partial charge in [0.15, 0.2) is 0 Å². The fraction of sp³-hybridized carbons (Fsp3) is 0.542. The smallest absolute Gasteiger partial charge is 0.309 e. The zero-order chi connectivity index (χ0) is 25.0. The summed E-state index contributed by atoms with van der Waals surface area (Å²) in [5.41, 5.74) is 0.982. The Kier molecular flexibility index (Phi) is 8.55. The van der Waals surface area contributed by atoms with Crippen LogP contribution in [-0.4, -0.2) is 52.4 Å². The van der Waals surface area contributed by atoms with Crippen LogP contribution < -0.4 is 10.5 Å². The van der Waals surface area contributed by atoms with Crippen molar-refractivity contribution in [2.24, 2.45) is 5.92 Å². The lowest BCUT2D eigenvalue weighted by molar-refractivity contribution is -0.148. The van der Waals surface area contributed by atoms with Crippen LogP contribution in [0.1, 0.15) is 56.2 Å². The quantitative estimate of drug-likeness (QED) is 0.318. The van der Waals surface area contributed by atoms with Gasteiger partial charge in [-0.05, 0) is 44.7 Å². The molecule has 0 aromatic carbocycles. The van der Waals surface area contributed by atoms with Crippen LogP contribution in [0.5, 0.6) is 0 Å². The summed E-state index contributed by atoms with van der Waals surface area (Å²) in [4.78, 5) is 42.3. The molecule has 1 aromatic heterocycles. The number of unbranched alkanes of at least 4 members (excludes halogenated alkanes) is 1. The number of rotatable bonds is 7. The lowest BCUT2D eigenvalue weighted by atomic mass is 9.95. The highest BCUT2D eigenvalue weighted by atomic mass is 32.2. The van der Waals surface area contributed by atoms with E-state index < -0.39 is 0 Å². The number of carbonyl (C=O) groups is 2. The first-order valence-electron chi connectivity index (χ1n) is 11.6. The van der Waals surface area contributed by atoms with E-state index in [1.54, 1.807) is 31.5 Å². The minimum atomic E-state index is -0.323. The minimum Gasteiger partial charge on any atom is -0.466 e. The van der Waals surface area contributed by atoms with Gasteiger partial charge in [0.05, 0.1) is 17.4 Å². The lowest BCUT2D eigenvalue weighted by Gasteiger charge is -2.35. The molecule has 3 rings (SSSR count). The molecule has 182 valence electrons. The van der Waals surface area contributed by atoms with Crippen molar-refractivity contribution >= 4 is 52.1 Å². The average Bonchev–Trinajstić information content (AvgIpc) is 3.07. The number of hydrogen-bond acceptors (Lipinski definition) is 8. The minimum absolute atomic E-state index is 0.0829. The number of thioether (sulfide) groups is 1. The molecule has 2 fully saturated rings. The number of pyridine rings is 1. The molecule has 8 nitrogen and oxygen atoms in total. The van der Waals surface area contributed by atoms with Crippen LogP contribution >= 0.6 is 24.0 Å². The number of amides is 1. The van der Waals surface area contributed by atoms with E-state index in [2.05, 4.69) is 11.0 Å². The molecular formula is C24H30N4O4S2. The summed E-state index contributed by atoms with van der Waals surface area (Å²) in [6, 6.07) is 2.07. The summed E-state index contributed by atoms with van der Waals surface area (Å²) >= 11 is 6.49. The predicted molar refractivity (Wildman–Crippen MR) is 138 cm³/mol. The van der Waals surface area contributed by atoms with Crippen LogP contribution in [0, 0.1) is 24.2 Å². The molecule has 34 heavy (non-hydrogen) atoms. The summed E-state index contributed by atoms with van der Waals surface area (Å²) < 4.78 is 7.33. The Labute approximate surface area is 209 Å². The largest absolute Gasteiger partial charge is 0.466 e. The topological polar surface area (TPSA) is 95.6 Å². The van der Waals surface area contributed by atoms with Crippen molar-refractivity contribution in [1.29, 1.82) is 5.26 Å². The highest BCUT2D eigenvalue weighted by molar-refractivity contribution is 8.26. The third-order valence-corrected chi connectivity index (χ3v) is 7.74. The number of thiocarbonyl (C=S) groups is 1. The van der Waals surface area contributed by atoms with Crippen molar-refractivity contribution in [1.82, 2.24) is 9.47 Å². The number of esters is 1. The maximum absolute atomic E-state index is 13.3. The first-order chi connectivity index (χ1) is 16.2. The van der Waals surface area contributed by atoms with Gasteiger partial charge in [0.25, 0.3) is 11.5 Å². The van der Waals surface area contributed by atoms with E-state index in [-0.39, 0.29) is 28.9 Å². The highest BCUT2D eigenvalue weighted by Crippen LogP contribution is 2.36. The number of hydrogen-bond donors (Lipinski definition) is 0. The average molecular weight is 503 g/mol. The Bertz CT molecular complexity index is 1130. The van der Waals surface area contributed by atoms with Gasteiger partial charge in [-0.1, -0.05) is 37.3 Å². The maximum Gasteiger partial charge on any atom is 0.309 e. The Morgan fingerprint density at radius 2 is 1.97 bits per heavy atom. The summed E-state index contributed by atoms with van der Waals surface area (Å²) in [5.74, 6) is 0.129. The van der Waals surface area contributed by atoms with Crippen molar-refractivity contribution in [3.63, 3.8) is 0 Å². The van der Waals surface area contributed by atoms with Crippen LogP contribution in [0.25, 0.3) is 6.08 Å². The monoisotopic (exact) mass is 502 g/mol. The Morgan fingerprint density at radius 1 is 1.29 bits per heavy atom.